The molecule has 0 aliphatic heterocycles. The summed E-state index contributed by atoms with van der Waals surface area (Å²) in [6.07, 6.45) is 1.03. The number of hydrogen-bond donors (Lipinski definition) is 1. The van der Waals surface area contributed by atoms with Gasteiger partial charge in [0, 0.05) is 6.20 Å². The predicted molar refractivity (Wildman–Crippen MR) is 50.7 cm³/mol. The van der Waals surface area contributed by atoms with Crippen LogP contribution in [0.3, 0.4) is 0 Å². The van der Waals surface area contributed by atoms with Crippen LogP contribution in [0.4, 0.5) is 5.69 Å². The summed E-state index contributed by atoms with van der Waals surface area (Å²) in [7, 11) is -4.25. The summed E-state index contributed by atoms with van der Waals surface area (Å²) in [4.78, 5) is 0. The van der Waals surface area contributed by atoms with Crippen LogP contribution in [-0.2, 0) is 10.3 Å². The lowest BCUT2D eigenvalue weighted by Crippen LogP contribution is -2.23. The lowest BCUT2D eigenvalue weighted by atomic mass is 10.3. The van der Waals surface area contributed by atoms with Crippen LogP contribution >= 0.6 is 0 Å². The zero-order valence-electron chi connectivity index (χ0n) is 6.79. The maximum absolute atomic E-state index is 10.8. The molecule has 0 aliphatic carbocycles. The molecule has 0 spiro atoms. The fraction of sp³-hybridized carbons (Fsp3) is 0. The Morgan fingerprint density at radius 1 is 1.31 bits per heavy atom. The molecular formula is C8H9NO3S. The smallest absolute Gasteiger partial charge is 0.269 e. The SMILES string of the molecule is C=CN(c1ccccc1)S(=O)(=O)O. The monoisotopic (exact) mass is 199 g/mol. The molecule has 0 heterocycles. The van der Waals surface area contributed by atoms with Gasteiger partial charge in [0.15, 0.2) is 0 Å². The molecule has 0 saturated heterocycles. The Labute approximate surface area is 77.0 Å². The van der Waals surface area contributed by atoms with Crippen LogP contribution in [-0.4, -0.2) is 13.0 Å². The third kappa shape index (κ3) is 2.30. The molecule has 1 aromatic rings. The minimum atomic E-state index is -4.25. The van der Waals surface area contributed by atoms with Crippen molar-refractivity contribution in [1.29, 1.82) is 0 Å². The molecular weight excluding hydrogens is 190 g/mol. The van der Waals surface area contributed by atoms with E-state index in [0.29, 0.717) is 9.99 Å². The Bertz CT molecular complexity index is 385. The summed E-state index contributed by atoms with van der Waals surface area (Å²) in [5.74, 6) is 0. The quantitative estimate of drug-likeness (QED) is 0.749. The molecule has 0 radical (unpaired) electrons. The summed E-state index contributed by atoms with van der Waals surface area (Å²) in [6.45, 7) is 3.29. The van der Waals surface area contributed by atoms with Gasteiger partial charge in [-0.05, 0) is 12.1 Å². The van der Waals surface area contributed by atoms with E-state index in [1.165, 1.54) is 0 Å². The molecule has 0 unspecified atom stereocenters. The van der Waals surface area contributed by atoms with Crippen molar-refractivity contribution in [2.45, 2.75) is 0 Å². The summed E-state index contributed by atoms with van der Waals surface area (Å²) >= 11 is 0. The van der Waals surface area contributed by atoms with Crippen molar-refractivity contribution >= 4 is 16.0 Å². The van der Waals surface area contributed by atoms with Gasteiger partial charge in [0.1, 0.15) is 0 Å². The summed E-state index contributed by atoms with van der Waals surface area (Å²) in [6, 6.07) is 8.17. The van der Waals surface area contributed by atoms with Crippen molar-refractivity contribution in [1.82, 2.24) is 0 Å². The first-order valence-corrected chi connectivity index (χ1v) is 4.90. The van der Waals surface area contributed by atoms with Gasteiger partial charge in [-0.2, -0.15) is 8.42 Å². The van der Waals surface area contributed by atoms with Crippen LogP contribution in [0.1, 0.15) is 0 Å². The van der Waals surface area contributed by atoms with Gasteiger partial charge < -0.3 is 0 Å². The molecule has 1 rings (SSSR count). The van der Waals surface area contributed by atoms with Crippen LogP contribution in [0.15, 0.2) is 43.1 Å². The second-order valence-electron chi connectivity index (χ2n) is 2.29. The molecule has 13 heavy (non-hydrogen) atoms. The van der Waals surface area contributed by atoms with E-state index in [1.807, 2.05) is 0 Å². The molecule has 5 heteroatoms. The number of para-hydroxylation sites is 1. The number of anilines is 1. The first-order chi connectivity index (χ1) is 6.05. The molecule has 0 aliphatic rings. The Morgan fingerprint density at radius 2 is 1.85 bits per heavy atom. The summed E-state index contributed by atoms with van der Waals surface area (Å²) in [5, 5.41) is 0. The van der Waals surface area contributed by atoms with E-state index in [1.54, 1.807) is 30.3 Å². The highest BCUT2D eigenvalue weighted by molar-refractivity contribution is 7.87. The largest absolute Gasteiger partial charge is 0.363 e. The van der Waals surface area contributed by atoms with E-state index in [4.69, 9.17) is 4.55 Å². The van der Waals surface area contributed by atoms with Crippen molar-refractivity contribution in [3.8, 4) is 0 Å². The van der Waals surface area contributed by atoms with Crippen LogP contribution in [0, 0.1) is 0 Å². The molecule has 0 fully saturated rings. The molecule has 0 bridgehead atoms. The fourth-order valence-corrected chi connectivity index (χ4v) is 1.48. The molecule has 1 aromatic carbocycles. The Kier molecular flexibility index (Phi) is 2.69. The first kappa shape index (κ1) is 9.76. The average molecular weight is 199 g/mol. The van der Waals surface area contributed by atoms with E-state index < -0.39 is 10.3 Å². The van der Waals surface area contributed by atoms with Crippen molar-refractivity contribution in [3.05, 3.63) is 43.1 Å². The van der Waals surface area contributed by atoms with Crippen LogP contribution in [0.2, 0.25) is 0 Å². The number of benzene rings is 1. The van der Waals surface area contributed by atoms with E-state index in [-0.39, 0.29) is 0 Å². The van der Waals surface area contributed by atoms with Crippen molar-refractivity contribution in [3.63, 3.8) is 0 Å². The molecule has 4 nitrogen and oxygen atoms in total. The van der Waals surface area contributed by atoms with Gasteiger partial charge in [-0.25, -0.2) is 4.31 Å². The van der Waals surface area contributed by atoms with Crippen molar-refractivity contribution in [2.75, 3.05) is 4.31 Å². The van der Waals surface area contributed by atoms with Gasteiger partial charge in [-0.1, -0.05) is 24.8 Å². The third-order valence-corrected chi connectivity index (χ3v) is 2.28. The van der Waals surface area contributed by atoms with Gasteiger partial charge in [0.2, 0.25) is 0 Å². The topological polar surface area (TPSA) is 57.6 Å². The normalized spacial score (nSPS) is 10.8. The standard InChI is InChI=1S/C8H9NO3S/c1-2-9(13(10,11)12)8-6-4-3-5-7-8/h2-7H,1H2,(H,10,11,12). The third-order valence-electron chi connectivity index (χ3n) is 1.43. The highest BCUT2D eigenvalue weighted by atomic mass is 32.2. The van der Waals surface area contributed by atoms with Crippen molar-refractivity contribution < 1.29 is 13.0 Å². The van der Waals surface area contributed by atoms with E-state index in [2.05, 4.69) is 6.58 Å². The van der Waals surface area contributed by atoms with Crippen LogP contribution < -0.4 is 4.31 Å². The Balaban J connectivity index is 3.13. The van der Waals surface area contributed by atoms with Gasteiger partial charge in [0.05, 0.1) is 5.69 Å². The van der Waals surface area contributed by atoms with E-state index in [9.17, 15) is 8.42 Å². The molecule has 1 N–H and O–H groups in total. The van der Waals surface area contributed by atoms with Crippen LogP contribution in [0.5, 0.6) is 0 Å². The van der Waals surface area contributed by atoms with E-state index in [0.717, 1.165) is 6.20 Å². The number of hydrogen-bond acceptors (Lipinski definition) is 2. The molecule has 0 aromatic heterocycles. The minimum Gasteiger partial charge on any atom is -0.269 e. The molecule has 70 valence electrons. The zero-order valence-corrected chi connectivity index (χ0v) is 7.61. The van der Waals surface area contributed by atoms with Gasteiger partial charge in [0.25, 0.3) is 0 Å². The average Bonchev–Trinajstić information content (AvgIpc) is 2.05. The number of rotatable bonds is 3. The fourth-order valence-electron chi connectivity index (χ4n) is 0.908. The lowest BCUT2D eigenvalue weighted by Gasteiger charge is -2.14. The maximum atomic E-state index is 10.8. The second-order valence-corrected chi connectivity index (χ2v) is 3.58. The van der Waals surface area contributed by atoms with Gasteiger partial charge in [-0.3, -0.25) is 4.55 Å². The second kappa shape index (κ2) is 3.59. The van der Waals surface area contributed by atoms with Crippen LogP contribution in [0.25, 0.3) is 0 Å². The Hall–Kier alpha value is -1.33. The summed E-state index contributed by atoms with van der Waals surface area (Å²) < 4.78 is 31.0. The van der Waals surface area contributed by atoms with Gasteiger partial charge >= 0.3 is 10.3 Å². The number of nitrogens with zero attached hydrogens (tertiary/aromatic N) is 1. The highest BCUT2D eigenvalue weighted by Crippen LogP contribution is 2.15. The lowest BCUT2D eigenvalue weighted by molar-refractivity contribution is 0.483. The Morgan fingerprint density at radius 3 is 2.23 bits per heavy atom. The van der Waals surface area contributed by atoms with Gasteiger partial charge in [-0.15, -0.1) is 0 Å². The zero-order chi connectivity index (χ0) is 9.90. The minimum absolute atomic E-state index is 0.347. The first-order valence-electron chi connectivity index (χ1n) is 3.50. The maximum Gasteiger partial charge on any atom is 0.363 e. The van der Waals surface area contributed by atoms with E-state index >= 15 is 0 Å². The highest BCUT2D eigenvalue weighted by Gasteiger charge is 2.14. The molecule has 0 atom stereocenters. The molecule has 0 saturated carbocycles. The summed E-state index contributed by atoms with van der Waals surface area (Å²) in [5.41, 5.74) is 0.347. The predicted octanol–water partition coefficient (Wildman–Crippen LogP) is 1.44. The molecule has 0 amide bonds. The van der Waals surface area contributed by atoms with Crippen molar-refractivity contribution in [2.24, 2.45) is 0 Å².